The number of thiophene rings is 1. The van der Waals surface area contributed by atoms with E-state index >= 15 is 0 Å². The summed E-state index contributed by atoms with van der Waals surface area (Å²) in [4.78, 5) is 20.0. The number of hydrogen-bond acceptors (Lipinski definition) is 6. The molecule has 2 fully saturated rings. The van der Waals surface area contributed by atoms with Crippen LogP contribution in [0, 0.1) is 0 Å². The Morgan fingerprint density at radius 1 is 1.22 bits per heavy atom. The summed E-state index contributed by atoms with van der Waals surface area (Å²) in [6, 6.07) is 11.1. The first-order chi connectivity index (χ1) is 15.5. The molecule has 0 unspecified atom stereocenters. The summed E-state index contributed by atoms with van der Waals surface area (Å²) in [6.45, 7) is 0.375. The number of imidazole rings is 1. The van der Waals surface area contributed by atoms with Gasteiger partial charge in [-0.2, -0.15) is 0 Å². The van der Waals surface area contributed by atoms with E-state index in [9.17, 15) is 13.2 Å². The molecule has 0 aliphatic heterocycles. The molecule has 2 heterocycles. The zero-order valence-electron chi connectivity index (χ0n) is 17.8. The lowest BCUT2D eigenvalue weighted by molar-refractivity contribution is 0.0730. The van der Waals surface area contributed by atoms with Crippen LogP contribution in [0.15, 0.2) is 53.1 Å². The SMILES string of the molecule is COc1cccc(CS(=O)(=O)c2ncc(CN(C(=O)c3cccs3)C3CC3)n2C2CC2)c1. The number of carbonyl (C=O) groups excluding carboxylic acids is 1. The summed E-state index contributed by atoms with van der Waals surface area (Å²) >= 11 is 1.43. The number of nitrogens with zero attached hydrogens (tertiary/aromatic N) is 3. The molecular weight excluding hydrogens is 446 g/mol. The molecule has 7 nitrogen and oxygen atoms in total. The fraction of sp³-hybridized carbons (Fsp3) is 0.391. The summed E-state index contributed by atoms with van der Waals surface area (Å²) in [7, 11) is -2.10. The molecular formula is C23H25N3O4S2. The van der Waals surface area contributed by atoms with Crippen LogP contribution in [-0.4, -0.2) is 41.9 Å². The summed E-state index contributed by atoms with van der Waals surface area (Å²) in [6.07, 6.45) is 5.44. The summed E-state index contributed by atoms with van der Waals surface area (Å²) < 4.78 is 33.7. The number of rotatable bonds is 9. The summed E-state index contributed by atoms with van der Waals surface area (Å²) in [5.41, 5.74) is 1.44. The van der Waals surface area contributed by atoms with Gasteiger partial charge >= 0.3 is 0 Å². The van der Waals surface area contributed by atoms with E-state index in [1.165, 1.54) is 11.3 Å². The largest absolute Gasteiger partial charge is 0.497 e. The van der Waals surface area contributed by atoms with Crippen LogP contribution in [0.5, 0.6) is 5.75 Å². The second-order valence-corrected chi connectivity index (χ2v) is 11.2. The molecule has 2 aromatic heterocycles. The minimum Gasteiger partial charge on any atom is -0.497 e. The predicted octanol–water partition coefficient (Wildman–Crippen LogP) is 4.07. The molecule has 2 aliphatic carbocycles. The third-order valence-corrected chi connectivity index (χ3v) is 8.26. The predicted molar refractivity (Wildman–Crippen MR) is 122 cm³/mol. The van der Waals surface area contributed by atoms with Gasteiger partial charge in [-0.05, 0) is 54.8 Å². The van der Waals surface area contributed by atoms with Gasteiger partial charge in [-0.25, -0.2) is 13.4 Å². The van der Waals surface area contributed by atoms with Crippen molar-refractivity contribution >= 4 is 27.1 Å². The van der Waals surface area contributed by atoms with Crippen molar-refractivity contribution in [3.8, 4) is 5.75 Å². The molecule has 5 rings (SSSR count). The average Bonchev–Trinajstić information content (AvgIpc) is 3.70. The Hall–Kier alpha value is -2.65. The first kappa shape index (κ1) is 21.2. The number of sulfone groups is 1. The van der Waals surface area contributed by atoms with E-state index in [0.29, 0.717) is 22.7 Å². The average molecular weight is 472 g/mol. The Balaban J connectivity index is 1.44. The first-order valence-corrected chi connectivity index (χ1v) is 13.3. The van der Waals surface area contributed by atoms with Crippen LogP contribution >= 0.6 is 11.3 Å². The quantitative estimate of drug-likeness (QED) is 0.470. The molecule has 32 heavy (non-hydrogen) atoms. The molecule has 1 aromatic carbocycles. The second-order valence-electron chi connectivity index (χ2n) is 8.39. The van der Waals surface area contributed by atoms with Gasteiger partial charge in [0.2, 0.25) is 15.0 Å². The number of hydrogen-bond donors (Lipinski definition) is 0. The lowest BCUT2D eigenvalue weighted by Crippen LogP contribution is -2.33. The molecule has 3 aromatic rings. The van der Waals surface area contributed by atoms with E-state index in [1.54, 1.807) is 37.6 Å². The smallest absolute Gasteiger partial charge is 0.264 e. The van der Waals surface area contributed by atoms with Crippen molar-refractivity contribution < 1.29 is 17.9 Å². The minimum absolute atomic E-state index is 0.00633. The molecule has 0 spiro atoms. The fourth-order valence-corrected chi connectivity index (χ4v) is 6.17. The number of methoxy groups -OCH3 is 1. The zero-order chi connectivity index (χ0) is 22.3. The Bertz CT molecular complexity index is 1230. The highest BCUT2D eigenvalue weighted by Crippen LogP contribution is 2.40. The molecule has 0 N–H and O–H groups in total. The van der Waals surface area contributed by atoms with Crippen LogP contribution in [0.2, 0.25) is 0 Å². The highest BCUT2D eigenvalue weighted by atomic mass is 32.2. The first-order valence-electron chi connectivity index (χ1n) is 10.7. The molecule has 1 amide bonds. The lowest BCUT2D eigenvalue weighted by Gasteiger charge is -2.23. The lowest BCUT2D eigenvalue weighted by atomic mass is 10.2. The Morgan fingerprint density at radius 3 is 2.69 bits per heavy atom. The van der Waals surface area contributed by atoms with Crippen molar-refractivity contribution in [3.05, 3.63) is 64.1 Å². The highest BCUT2D eigenvalue weighted by molar-refractivity contribution is 7.90. The van der Waals surface area contributed by atoms with Crippen LogP contribution in [-0.2, 0) is 22.1 Å². The van der Waals surface area contributed by atoms with E-state index in [-0.39, 0.29) is 28.9 Å². The normalized spacial score (nSPS) is 16.2. The van der Waals surface area contributed by atoms with E-state index in [1.807, 2.05) is 27.0 Å². The summed E-state index contributed by atoms with van der Waals surface area (Å²) in [5.74, 6) is 0.483. The van der Waals surface area contributed by atoms with Crippen LogP contribution in [0.1, 0.15) is 52.7 Å². The molecule has 9 heteroatoms. The van der Waals surface area contributed by atoms with Gasteiger partial charge in [-0.3, -0.25) is 4.79 Å². The van der Waals surface area contributed by atoms with Crippen LogP contribution < -0.4 is 4.74 Å². The van der Waals surface area contributed by atoms with Crippen molar-refractivity contribution in [2.75, 3.05) is 7.11 Å². The maximum atomic E-state index is 13.3. The highest BCUT2D eigenvalue weighted by Gasteiger charge is 2.37. The van der Waals surface area contributed by atoms with Crippen LogP contribution in [0.3, 0.4) is 0 Å². The molecule has 0 bridgehead atoms. The molecule has 2 saturated carbocycles. The van der Waals surface area contributed by atoms with Gasteiger partial charge in [-0.15, -0.1) is 11.3 Å². The third kappa shape index (κ3) is 4.31. The van der Waals surface area contributed by atoms with Gasteiger partial charge < -0.3 is 14.2 Å². The minimum atomic E-state index is -3.66. The number of aromatic nitrogens is 2. The van der Waals surface area contributed by atoms with Gasteiger partial charge in [-0.1, -0.05) is 18.2 Å². The van der Waals surface area contributed by atoms with E-state index < -0.39 is 9.84 Å². The van der Waals surface area contributed by atoms with Crippen molar-refractivity contribution in [1.29, 1.82) is 0 Å². The Morgan fingerprint density at radius 2 is 2.03 bits per heavy atom. The molecule has 168 valence electrons. The van der Waals surface area contributed by atoms with E-state index in [2.05, 4.69) is 4.98 Å². The van der Waals surface area contributed by atoms with Crippen LogP contribution in [0.4, 0.5) is 0 Å². The van der Waals surface area contributed by atoms with Gasteiger partial charge in [0, 0.05) is 12.1 Å². The summed E-state index contributed by atoms with van der Waals surface area (Å²) in [5, 5.41) is 1.99. The van der Waals surface area contributed by atoms with Crippen LogP contribution in [0.25, 0.3) is 0 Å². The Kier molecular flexibility index (Phi) is 5.54. The van der Waals surface area contributed by atoms with Gasteiger partial charge in [0.25, 0.3) is 5.91 Å². The van der Waals surface area contributed by atoms with Gasteiger partial charge in [0.15, 0.2) is 0 Å². The van der Waals surface area contributed by atoms with Crippen molar-refractivity contribution in [1.82, 2.24) is 14.5 Å². The van der Waals surface area contributed by atoms with Gasteiger partial charge in [0.1, 0.15) is 5.75 Å². The van der Waals surface area contributed by atoms with Crippen molar-refractivity contribution in [2.45, 2.75) is 55.2 Å². The van der Waals surface area contributed by atoms with E-state index in [0.717, 1.165) is 31.4 Å². The second kappa shape index (κ2) is 8.37. The molecule has 0 saturated heterocycles. The fourth-order valence-electron chi connectivity index (χ4n) is 3.96. The maximum Gasteiger partial charge on any atom is 0.264 e. The molecule has 0 atom stereocenters. The number of ether oxygens (including phenoxy) is 1. The zero-order valence-corrected chi connectivity index (χ0v) is 19.4. The topological polar surface area (TPSA) is 81.5 Å². The van der Waals surface area contributed by atoms with Crippen molar-refractivity contribution in [2.24, 2.45) is 0 Å². The Labute approximate surface area is 191 Å². The maximum absolute atomic E-state index is 13.3. The monoisotopic (exact) mass is 471 g/mol. The number of amides is 1. The van der Waals surface area contributed by atoms with E-state index in [4.69, 9.17) is 4.74 Å². The standard InChI is InChI=1S/C23H25N3O4S2/c1-30-20-5-2-4-16(12-20)15-32(28,29)23-24-13-19(26(23)18-9-10-18)14-25(17-7-8-17)22(27)21-6-3-11-31-21/h2-6,11-13,17-18H,7-10,14-15H2,1H3. The van der Waals surface area contributed by atoms with Crippen molar-refractivity contribution in [3.63, 3.8) is 0 Å². The number of benzene rings is 1. The third-order valence-electron chi connectivity index (χ3n) is 5.83. The molecule has 0 radical (unpaired) electrons. The molecule has 2 aliphatic rings. The number of carbonyl (C=O) groups is 1. The van der Waals surface area contributed by atoms with Gasteiger partial charge in [0.05, 0.1) is 36.2 Å².